The van der Waals surface area contributed by atoms with Gasteiger partial charge in [-0.25, -0.2) is 4.98 Å². The number of para-hydroxylation sites is 2. The van der Waals surface area contributed by atoms with Crippen molar-refractivity contribution in [1.29, 1.82) is 0 Å². The molecule has 0 atom stereocenters. The van der Waals surface area contributed by atoms with Gasteiger partial charge in [0.2, 0.25) is 0 Å². The predicted molar refractivity (Wildman–Crippen MR) is 83.8 cm³/mol. The zero-order valence-corrected chi connectivity index (χ0v) is 12.4. The topological polar surface area (TPSA) is 80.3 Å². The lowest BCUT2D eigenvalue weighted by molar-refractivity contribution is -0.133. The molecule has 2 rings (SSSR count). The molecule has 114 valence electrons. The lowest BCUT2D eigenvalue weighted by Crippen LogP contribution is -2.29. The van der Waals surface area contributed by atoms with Crippen molar-refractivity contribution in [2.75, 3.05) is 17.2 Å². The lowest BCUT2D eigenvalue weighted by Gasteiger charge is -2.11. The summed E-state index contributed by atoms with van der Waals surface area (Å²) < 4.78 is 5.39. The van der Waals surface area contributed by atoms with E-state index in [1.165, 1.54) is 0 Å². The maximum absolute atomic E-state index is 12.0. The zero-order valence-electron chi connectivity index (χ0n) is 12.4. The van der Waals surface area contributed by atoms with Gasteiger partial charge in [0, 0.05) is 5.69 Å². The molecule has 0 unspecified atom stereocenters. The smallest absolute Gasteiger partial charge is 0.315 e. The van der Waals surface area contributed by atoms with E-state index < -0.39 is 11.8 Å². The number of amides is 2. The summed E-state index contributed by atoms with van der Waals surface area (Å²) >= 11 is 0. The minimum atomic E-state index is -0.788. The highest BCUT2D eigenvalue weighted by Gasteiger charge is 2.16. The van der Waals surface area contributed by atoms with Crippen molar-refractivity contribution in [3.8, 4) is 5.75 Å². The zero-order chi connectivity index (χ0) is 15.9. The number of hydrogen-bond donors (Lipinski definition) is 2. The van der Waals surface area contributed by atoms with E-state index in [0.717, 1.165) is 5.69 Å². The van der Waals surface area contributed by atoms with E-state index in [0.29, 0.717) is 23.9 Å². The number of benzene rings is 1. The molecule has 0 fully saturated rings. The highest BCUT2D eigenvalue weighted by Crippen LogP contribution is 2.23. The Morgan fingerprint density at radius 1 is 1.05 bits per heavy atom. The molecule has 0 aliphatic carbocycles. The van der Waals surface area contributed by atoms with Gasteiger partial charge in [-0.1, -0.05) is 18.2 Å². The molecule has 1 heterocycles. The minimum Gasteiger partial charge on any atom is -0.492 e. The summed E-state index contributed by atoms with van der Waals surface area (Å²) in [5, 5.41) is 4.98. The Morgan fingerprint density at radius 2 is 1.77 bits per heavy atom. The van der Waals surface area contributed by atoms with Gasteiger partial charge in [-0.3, -0.25) is 9.59 Å². The third kappa shape index (κ3) is 4.05. The first-order valence-electron chi connectivity index (χ1n) is 6.88. The van der Waals surface area contributed by atoms with Crippen LogP contribution in [0.3, 0.4) is 0 Å². The summed E-state index contributed by atoms with van der Waals surface area (Å²) in [7, 11) is 0. The van der Waals surface area contributed by atoms with Crippen LogP contribution in [0, 0.1) is 6.92 Å². The van der Waals surface area contributed by atoms with Crippen LogP contribution in [0.15, 0.2) is 42.5 Å². The summed E-state index contributed by atoms with van der Waals surface area (Å²) in [6, 6.07) is 12.1. The third-order valence-corrected chi connectivity index (χ3v) is 2.77. The molecule has 0 spiro atoms. The van der Waals surface area contributed by atoms with E-state index in [1.807, 2.05) is 6.92 Å². The normalized spacial score (nSPS) is 9.91. The van der Waals surface area contributed by atoms with Crippen molar-refractivity contribution < 1.29 is 14.3 Å². The number of pyridine rings is 1. The molecule has 22 heavy (non-hydrogen) atoms. The molecule has 1 aromatic carbocycles. The van der Waals surface area contributed by atoms with E-state index >= 15 is 0 Å². The van der Waals surface area contributed by atoms with E-state index in [4.69, 9.17) is 4.74 Å². The number of hydrogen-bond acceptors (Lipinski definition) is 4. The van der Waals surface area contributed by atoms with Crippen LogP contribution in [-0.4, -0.2) is 23.4 Å². The van der Waals surface area contributed by atoms with E-state index in [1.54, 1.807) is 49.4 Å². The van der Waals surface area contributed by atoms with Gasteiger partial charge in [0.05, 0.1) is 12.3 Å². The van der Waals surface area contributed by atoms with Crippen molar-refractivity contribution in [3.63, 3.8) is 0 Å². The average Bonchev–Trinajstić information content (AvgIpc) is 2.49. The minimum absolute atomic E-state index is 0.332. The van der Waals surface area contributed by atoms with Crippen molar-refractivity contribution in [1.82, 2.24) is 4.98 Å². The Morgan fingerprint density at radius 3 is 2.50 bits per heavy atom. The number of ether oxygens (including phenoxy) is 1. The van der Waals surface area contributed by atoms with Gasteiger partial charge in [0.1, 0.15) is 11.6 Å². The highest BCUT2D eigenvalue weighted by molar-refractivity contribution is 6.43. The second kappa shape index (κ2) is 7.21. The van der Waals surface area contributed by atoms with Crippen LogP contribution < -0.4 is 15.4 Å². The predicted octanol–water partition coefficient (Wildman–Crippen LogP) is 2.37. The van der Waals surface area contributed by atoms with Gasteiger partial charge in [-0.2, -0.15) is 0 Å². The van der Waals surface area contributed by atoms with Gasteiger partial charge in [0.25, 0.3) is 0 Å². The Balaban J connectivity index is 2.04. The first kappa shape index (κ1) is 15.5. The fourth-order valence-corrected chi connectivity index (χ4v) is 1.82. The monoisotopic (exact) mass is 299 g/mol. The van der Waals surface area contributed by atoms with Gasteiger partial charge in [0.15, 0.2) is 0 Å². The number of carbonyl (C=O) groups excluding carboxylic acids is 2. The number of aryl methyl sites for hydroxylation is 1. The van der Waals surface area contributed by atoms with Crippen molar-refractivity contribution >= 4 is 23.3 Å². The molecule has 2 aromatic rings. The second-order valence-electron chi connectivity index (χ2n) is 4.50. The first-order chi connectivity index (χ1) is 10.6. The average molecular weight is 299 g/mol. The van der Waals surface area contributed by atoms with Crippen LogP contribution in [0.5, 0.6) is 5.75 Å². The quantitative estimate of drug-likeness (QED) is 0.849. The maximum atomic E-state index is 12.0. The molecule has 0 aliphatic rings. The summed E-state index contributed by atoms with van der Waals surface area (Å²) in [6.07, 6.45) is 0. The Hall–Kier alpha value is -2.89. The second-order valence-corrected chi connectivity index (χ2v) is 4.50. The number of carbonyl (C=O) groups is 2. The Bertz CT molecular complexity index is 686. The number of anilines is 2. The lowest BCUT2D eigenvalue weighted by atomic mass is 10.3. The fraction of sp³-hybridized carbons (Fsp3) is 0.188. The summed E-state index contributed by atoms with van der Waals surface area (Å²) in [4.78, 5) is 28.0. The molecule has 2 amide bonds. The highest BCUT2D eigenvalue weighted by atomic mass is 16.5. The maximum Gasteiger partial charge on any atom is 0.315 e. The standard InChI is InChI=1S/C16H17N3O3/c1-3-22-13-9-5-4-8-12(13)18-15(20)16(21)19-14-10-6-7-11(2)17-14/h4-10H,3H2,1-2H3,(H,18,20)(H,17,19,21). The number of aromatic nitrogens is 1. The van der Waals surface area contributed by atoms with Gasteiger partial charge >= 0.3 is 11.8 Å². The number of nitrogens with one attached hydrogen (secondary N) is 2. The van der Waals surface area contributed by atoms with Crippen LogP contribution in [-0.2, 0) is 9.59 Å². The molecule has 6 nitrogen and oxygen atoms in total. The molecule has 0 aliphatic heterocycles. The third-order valence-electron chi connectivity index (χ3n) is 2.77. The molecular weight excluding hydrogens is 282 g/mol. The number of rotatable bonds is 4. The van der Waals surface area contributed by atoms with Crippen LogP contribution in [0.1, 0.15) is 12.6 Å². The molecule has 0 saturated carbocycles. The van der Waals surface area contributed by atoms with Crippen LogP contribution in [0.25, 0.3) is 0 Å². The summed E-state index contributed by atoms with van der Waals surface area (Å²) in [5.41, 5.74) is 1.20. The van der Waals surface area contributed by atoms with E-state index in [-0.39, 0.29) is 0 Å². The Labute approximate surface area is 128 Å². The molecule has 1 aromatic heterocycles. The van der Waals surface area contributed by atoms with Crippen molar-refractivity contribution in [2.24, 2.45) is 0 Å². The number of nitrogens with zero attached hydrogens (tertiary/aromatic N) is 1. The van der Waals surface area contributed by atoms with Crippen molar-refractivity contribution in [3.05, 3.63) is 48.2 Å². The summed E-state index contributed by atoms with van der Waals surface area (Å²) in [5.74, 6) is -0.724. The molecule has 0 saturated heterocycles. The van der Waals surface area contributed by atoms with E-state index in [2.05, 4.69) is 15.6 Å². The fourth-order valence-electron chi connectivity index (χ4n) is 1.82. The van der Waals surface area contributed by atoms with Crippen LogP contribution >= 0.6 is 0 Å². The van der Waals surface area contributed by atoms with Crippen LogP contribution in [0.4, 0.5) is 11.5 Å². The SMILES string of the molecule is CCOc1ccccc1NC(=O)C(=O)Nc1cccc(C)n1. The molecule has 6 heteroatoms. The van der Waals surface area contributed by atoms with Gasteiger partial charge in [-0.15, -0.1) is 0 Å². The molecule has 0 bridgehead atoms. The van der Waals surface area contributed by atoms with Gasteiger partial charge < -0.3 is 15.4 Å². The molecular formula is C16H17N3O3. The molecule has 2 N–H and O–H groups in total. The first-order valence-corrected chi connectivity index (χ1v) is 6.88. The van der Waals surface area contributed by atoms with Crippen molar-refractivity contribution in [2.45, 2.75) is 13.8 Å². The largest absolute Gasteiger partial charge is 0.492 e. The van der Waals surface area contributed by atoms with E-state index in [9.17, 15) is 9.59 Å². The van der Waals surface area contributed by atoms with Gasteiger partial charge in [-0.05, 0) is 38.1 Å². The molecule has 0 radical (unpaired) electrons. The Kier molecular flexibility index (Phi) is 5.08. The van der Waals surface area contributed by atoms with Crippen LogP contribution in [0.2, 0.25) is 0 Å². The summed E-state index contributed by atoms with van der Waals surface area (Å²) in [6.45, 7) is 4.11.